The highest BCUT2D eigenvalue weighted by atomic mass is 15.2. The van der Waals surface area contributed by atoms with Crippen molar-refractivity contribution >= 4 is 5.84 Å². The van der Waals surface area contributed by atoms with Gasteiger partial charge >= 0.3 is 0 Å². The van der Waals surface area contributed by atoms with Gasteiger partial charge in [0.05, 0.1) is 12.5 Å². The summed E-state index contributed by atoms with van der Waals surface area (Å²) >= 11 is 0. The first-order valence-corrected chi connectivity index (χ1v) is 5.92. The Kier molecular flexibility index (Phi) is 5.36. The van der Waals surface area contributed by atoms with E-state index in [0.717, 1.165) is 19.4 Å². The molecule has 0 unspecified atom stereocenters. The van der Waals surface area contributed by atoms with Crippen LogP contribution in [0.25, 0.3) is 0 Å². The molecular formula is C12H18N4. The van der Waals surface area contributed by atoms with E-state index in [0.29, 0.717) is 11.9 Å². The minimum atomic E-state index is 0.234. The molecule has 0 aliphatic heterocycles. The van der Waals surface area contributed by atoms with Crippen molar-refractivity contribution in [1.82, 2.24) is 4.90 Å². The summed E-state index contributed by atoms with van der Waals surface area (Å²) < 4.78 is 0. The minimum absolute atomic E-state index is 0.234. The van der Waals surface area contributed by atoms with E-state index >= 15 is 0 Å². The molecule has 0 saturated heterocycles. The van der Waals surface area contributed by atoms with Crippen LogP contribution in [-0.4, -0.2) is 23.3 Å². The summed E-state index contributed by atoms with van der Waals surface area (Å²) in [6.07, 6.45) is 8.14. The average molecular weight is 218 g/mol. The topological polar surface area (TPSA) is 63.2 Å². The summed E-state index contributed by atoms with van der Waals surface area (Å²) in [6, 6.07) is 2.55. The molecule has 16 heavy (non-hydrogen) atoms. The van der Waals surface area contributed by atoms with E-state index in [4.69, 9.17) is 10.5 Å². The van der Waals surface area contributed by atoms with Crippen molar-refractivity contribution in [2.45, 2.75) is 51.5 Å². The van der Waals surface area contributed by atoms with Crippen molar-refractivity contribution in [2.75, 3.05) is 6.54 Å². The Morgan fingerprint density at radius 2 is 2.00 bits per heavy atom. The molecule has 0 aromatic heterocycles. The van der Waals surface area contributed by atoms with Crippen LogP contribution in [0.15, 0.2) is 4.99 Å². The number of nitrogens with zero attached hydrogens (tertiary/aromatic N) is 4. The first-order chi connectivity index (χ1) is 7.83. The molecule has 0 aromatic rings. The van der Waals surface area contributed by atoms with Crippen molar-refractivity contribution in [1.29, 1.82) is 10.5 Å². The van der Waals surface area contributed by atoms with Gasteiger partial charge in [0.15, 0.2) is 0 Å². The molecule has 1 aliphatic carbocycles. The minimum Gasteiger partial charge on any atom is -0.356 e. The van der Waals surface area contributed by atoms with Crippen LogP contribution in [0.4, 0.5) is 0 Å². The largest absolute Gasteiger partial charge is 0.356 e. The Morgan fingerprint density at radius 1 is 1.31 bits per heavy atom. The standard InChI is InChI=1S/C12H18N4/c1-2-16(11-6-4-3-5-7-11)12(8-9-13)15-10-14/h11H,2-8H2,1H3. The molecule has 0 N–H and O–H groups in total. The van der Waals surface area contributed by atoms with Crippen molar-refractivity contribution in [3.8, 4) is 12.3 Å². The molecule has 0 bridgehead atoms. The molecule has 0 amide bonds. The van der Waals surface area contributed by atoms with Gasteiger partial charge in [0, 0.05) is 12.6 Å². The first kappa shape index (κ1) is 12.5. The number of aliphatic imine (C=N–C) groups is 1. The van der Waals surface area contributed by atoms with Crippen molar-refractivity contribution in [3.05, 3.63) is 0 Å². The third-order valence-electron chi connectivity index (χ3n) is 3.10. The van der Waals surface area contributed by atoms with E-state index < -0.39 is 0 Å². The molecule has 0 aromatic carbocycles. The van der Waals surface area contributed by atoms with Crippen LogP contribution in [-0.2, 0) is 0 Å². The van der Waals surface area contributed by atoms with Gasteiger partial charge in [0.1, 0.15) is 5.84 Å². The third-order valence-corrected chi connectivity index (χ3v) is 3.10. The Bertz CT molecular complexity index is 315. The normalized spacial score (nSPS) is 17.6. The van der Waals surface area contributed by atoms with Gasteiger partial charge in [-0.05, 0) is 19.8 Å². The van der Waals surface area contributed by atoms with E-state index in [1.54, 1.807) is 6.19 Å². The van der Waals surface area contributed by atoms with Gasteiger partial charge < -0.3 is 4.90 Å². The summed E-state index contributed by atoms with van der Waals surface area (Å²) in [5.74, 6) is 0.638. The monoisotopic (exact) mass is 218 g/mol. The molecule has 1 fully saturated rings. The molecule has 1 aliphatic rings. The quantitative estimate of drug-likeness (QED) is 0.415. The van der Waals surface area contributed by atoms with Gasteiger partial charge in [-0.15, -0.1) is 0 Å². The zero-order valence-corrected chi connectivity index (χ0v) is 9.82. The number of hydrogen-bond acceptors (Lipinski definition) is 3. The Balaban J connectivity index is 2.74. The lowest BCUT2D eigenvalue weighted by molar-refractivity contribution is 0.249. The lowest BCUT2D eigenvalue weighted by atomic mass is 9.94. The first-order valence-electron chi connectivity index (χ1n) is 5.92. The fraction of sp³-hybridized carbons (Fsp3) is 0.750. The van der Waals surface area contributed by atoms with Crippen LogP contribution >= 0.6 is 0 Å². The fourth-order valence-electron chi connectivity index (χ4n) is 2.38. The Morgan fingerprint density at radius 3 is 2.50 bits per heavy atom. The van der Waals surface area contributed by atoms with Gasteiger partial charge in [-0.2, -0.15) is 15.5 Å². The van der Waals surface area contributed by atoms with E-state index in [9.17, 15) is 0 Å². The van der Waals surface area contributed by atoms with Crippen LogP contribution in [0, 0.1) is 22.8 Å². The zero-order valence-electron chi connectivity index (χ0n) is 9.82. The predicted molar refractivity (Wildman–Crippen MR) is 62.5 cm³/mol. The second kappa shape index (κ2) is 6.85. The number of amidine groups is 1. The highest BCUT2D eigenvalue weighted by Crippen LogP contribution is 2.23. The van der Waals surface area contributed by atoms with Crippen molar-refractivity contribution in [2.24, 2.45) is 4.99 Å². The maximum Gasteiger partial charge on any atom is 0.207 e. The lowest BCUT2D eigenvalue weighted by Crippen LogP contribution is -2.41. The van der Waals surface area contributed by atoms with E-state index in [1.807, 2.05) is 0 Å². The van der Waals surface area contributed by atoms with E-state index in [1.165, 1.54) is 19.3 Å². The number of hydrogen-bond donors (Lipinski definition) is 0. The third kappa shape index (κ3) is 3.24. The van der Waals surface area contributed by atoms with Crippen LogP contribution in [0.3, 0.4) is 0 Å². The van der Waals surface area contributed by atoms with Crippen LogP contribution in [0.2, 0.25) is 0 Å². The zero-order chi connectivity index (χ0) is 11.8. The van der Waals surface area contributed by atoms with Crippen molar-refractivity contribution in [3.63, 3.8) is 0 Å². The maximum absolute atomic E-state index is 8.74. The molecule has 86 valence electrons. The van der Waals surface area contributed by atoms with Crippen LogP contribution in [0.5, 0.6) is 0 Å². The molecule has 0 heterocycles. The SMILES string of the molecule is CCN(C(CC#N)=NC#N)C1CCCCC1. The second-order valence-electron chi connectivity index (χ2n) is 4.04. The van der Waals surface area contributed by atoms with Gasteiger partial charge in [-0.25, -0.2) is 0 Å². The summed E-state index contributed by atoms with van der Waals surface area (Å²) in [4.78, 5) is 5.92. The summed E-state index contributed by atoms with van der Waals surface area (Å²) in [5, 5.41) is 17.4. The van der Waals surface area contributed by atoms with Crippen molar-refractivity contribution < 1.29 is 0 Å². The van der Waals surface area contributed by atoms with Crippen LogP contribution in [0.1, 0.15) is 45.4 Å². The molecule has 4 heteroatoms. The molecule has 0 spiro atoms. The summed E-state index contributed by atoms with van der Waals surface area (Å²) in [7, 11) is 0. The average Bonchev–Trinajstić information content (AvgIpc) is 2.32. The van der Waals surface area contributed by atoms with Gasteiger partial charge in [-0.1, -0.05) is 19.3 Å². The molecule has 4 nitrogen and oxygen atoms in total. The van der Waals surface area contributed by atoms with Gasteiger partial charge in [0.25, 0.3) is 0 Å². The Labute approximate surface area is 97.2 Å². The molecule has 0 atom stereocenters. The smallest absolute Gasteiger partial charge is 0.207 e. The lowest BCUT2D eigenvalue weighted by Gasteiger charge is -2.34. The van der Waals surface area contributed by atoms with Crippen LogP contribution < -0.4 is 0 Å². The molecular weight excluding hydrogens is 200 g/mol. The van der Waals surface area contributed by atoms with E-state index in [2.05, 4.69) is 22.9 Å². The number of nitriles is 2. The summed E-state index contributed by atoms with van der Waals surface area (Å²) in [6.45, 7) is 2.88. The molecule has 0 radical (unpaired) electrons. The Hall–Kier alpha value is -1.55. The predicted octanol–water partition coefficient (Wildman–Crippen LogP) is 2.43. The molecule has 1 saturated carbocycles. The number of rotatable bonds is 3. The highest BCUT2D eigenvalue weighted by molar-refractivity contribution is 5.85. The van der Waals surface area contributed by atoms with Gasteiger partial charge in [-0.3, -0.25) is 0 Å². The van der Waals surface area contributed by atoms with Gasteiger partial charge in [0.2, 0.25) is 6.19 Å². The highest BCUT2D eigenvalue weighted by Gasteiger charge is 2.22. The summed E-state index contributed by atoms with van der Waals surface area (Å²) in [5.41, 5.74) is 0. The fourth-order valence-corrected chi connectivity index (χ4v) is 2.38. The van der Waals surface area contributed by atoms with E-state index in [-0.39, 0.29) is 6.42 Å². The second-order valence-corrected chi connectivity index (χ2v) is 4.04. The molecule has 1 rings (SSSR count). The maximum atomic E-state index is 8.74.